The molecule has 0 radical (unpaired) electrons. The fraction of sp³-hybridized carbons (Fsp3) is 0.133. The molecule has 0 fully saturated rings. The number of halogens is 1. The Labute approximate surface area is 140 Å². The molecule has 3 aromatic rings. The van der Waals surface area contributed by atoms with E-state index in [1.165, 1.54) is 17.4 Å². The van der Waals surface area contributed by atoms with Crippen molar-refractivity contribution in [3.05, 3.63) is 56.4 Å². The van der Waals surface area contributed by atoms with Crippen LogP contribution in [0.25, 0.3) is 16.3 Å². The molecule has 0 spiro atoms. The van der Waals surface area contributed by atoms with Crippen LogP contribution in [0.5, 0.6) is 0 Å². The number of anilines is 1. The lowest BCUT2D eigenvalue weighted by molar-refractivity contribution is -0.384. The lowest BCUT2D eigenvalue weighted by atomic mass is 10.2. The van der Waals surface area contributed by atoms with Crippen LogP contribution >= 0.6 is 22.9 Å². The van der Waals surface area contributed by atoms with Gasteiger partial charge in [0.05, 0.1) is 14.1 Å². The largest absolute Gasteiger partial charge is 0.369 e. The molecule has 6 nitrogen and oxygen atoms in total. The van der Waals surface area contributed by atoms with Crippen LogP contribution in [-0.2, 0) is 6.42 Å². The SMILES string of the molecule is O=[N+]([O-])c1ccccc1-n1nc(-c2ccc(Cl)s2)c2c1NCC2. The van der Waals surface area contributed by atoms with E-state index in [9.17, 15) is 10.1 Å². The van der Waals surface area contributed by atoms with Crippen LogP contribution in [0.2, 0.25) is 4.34 Å². The van der Waals surface area contributed by atoms with E-state index in [0.717, 1.165) is 34.9 Å². The molecule has 0 saturated carbocycles. The lowest BCUT2D eigenvalue weighted by Gasteiger charge is -2.06. The Balaban J connectivity index is 1.93. The van der Waals surface area contributed by atoms with Gasteiger partial charge in [0.1, 0.15) is 17.2 Å². The highest BCUT2D eigenvalue weighted by molar-refractivity contribution is 7.19. The molecule has 116 valence electrons. The second kappa shape index (κ2) is 5.36. The first-order valence-corrected chi connectivity index (χ1v) is 8.20. The quantitative estimate of drug-likeness (QED) is 0.571. The molecular weight excluding hydrogens is 336 g/mol. The summed E-state index contributed by atoms with van der Waals surface area (Å²) < 4.78 is 2.32. The molecule has 2 aromatic heterocycles. The van der Waals surface area contributed by atoms with Gasteiger partial charge in [0, 0.05) is 18.2 Å². The summed E-state index contributed by atoms with van der Waals surface area (Å²) in [6, 6.07) is 10.4. The predicted octanol–water partition coefficient (Wildman–Crippen LogP) is 4.13. The number of nitrogens with one attached hydrogen (secondary N) is 1. The van der Waals surface area contributed by atoms with Crippen LogP contribution in [0.4, 0.5) is 11.5 Å². The van der Waals surface area contributed by atoms with Crippen molar-refractivity contribution < 1.29 is 4.92 Å². The Morgan fingerprint density at radius 2 is 2.13 bits per heavy atom. The van der Waals surface area contributed by atoms with Crippen LogP contribution in [-0.4, -0.2) is 21.2 Å². The summed E-state index contributed by atoms with van der Waals surface area (Å²) in [4.78, 5) is 11.9. The van der Waals surface area contributed by atoms with Crippen molar-refractivity contribution in [1.82, 2.24) is 9.78 Å². The third kappa shape index (κ3) is 2.29. The molecule has 0 bridgehead atoms. The van der Waals surface area contributed by atoms with E-state index in [2.05, 4.69) is 10.4 Å². The van der Waals surface area contributed by atoms with Crippen molar-refractivity contribution >= 4 is 34.4 Å². The van der Waals surface area contributed by atoms with Gasteiger partial charge in [0.15, 0.2) is 0 Å². The highest BCUT2D eigenvalue weighted by Crippen LogP contribution is 2.39. The van der Waals surface area contributed by atoms with Gasteiger partial charge in [-0.05, 0) is 24.6 Å². The third-order valence-corrected chi connectivity index (χ3v) is 5.00. The maximum absolute atomic E-state index is 11.3. The maximum atomic E-state index is 11.3. The number of rotatable bonds is 3. The summed E-state index contributed by atoms with van der Waals surface area (Å²) in [6.07, 6.45) is 0.834. The average molecular weight is 347 g/mol. The molecule has 0 amide bonds. The molecule has 0 aliphatic carbocycles. The van der Waals surface area contributed by atoms with Gasteiger partial charge in [-0.3, -0.25) is 10.1 Å². The Hall–Kier alpha value is -2.38. The van der Waals surface area contributed by atoms with Gasteiger partial charge in [-0.15, -0.1) is 11.3 Å². The van der Waals surface area contributed by atoms with Gasteiger partial charge < -0.3 is 5.32 Å². The number of aromatic nitrogens is 2. The second-order valence-electron chi connectivity index (χ2n) is 5.11. The van der Waals surface area contributed by atoms with Crippen molar-refractivity contribution in [3.8, 4) is 16.3 Å². The maximum Gasteiger partial charge on any atom is 0.294 e. The van der Waals surface area contributed by atoms with Gasteiger partial charge in [0.2, 0.25) is 0 Å². The predicted molar refractivity (Wildman–Crippen MR) is 90.7 cm³/mol. The number of fused-ring (bicyclic) bond motifs is 1. The summed E-state index contributed by atoms with van der Waals surface area (Å²) in [5.41, 5.74) is 2.39. The monoisotopic (exact) mass is 346 g/mol. The second-order valence-corrected chi connectivity index (χ2v) is 6.83. The number of para-hydroxylation sites is 2. The summed E-state index contributed by atoms with van der Waals surface area (Å²) in [5.74, 6) is 0.818. The van der Waals surface area contributed by atoms with Crippen LogP contribution < -0.4 is 5.32 Å². The Bertz CT molecular complexity index is 918. The molecule has 1 aliphatic heterocycles. The molecule has 8 heteroatoms. The number of hydrogen-bond donors (Lipinski definition) is 1. The normalized spacial score (nSPS) is 12.9. The number of nitrogens with zero attached hydrogens (tertiary/aromatic N) is 3. The van der Waals surface area contributed by atoms with Gasteiger partial charge in [-0.1, -0.05) is 23.7 Å². The molecule has 1 N–H and O–H groups in total. The molecule has 0 saturated heterocycles. The van der Waals surface area contributed by atoms with Crippen molar-refractivity contribution in [2.45, 2.75) is 6.42 Å². The lowest BCUT2D eigenvalue weighted by Crippen LogP contribution is -2.06. The van der Waals surface area contributed by atoms with Gasteiger partial charge >= 0.3 is 0 Å². The number of nitro groups is 1. The van der Waals surface area contributed by atoms with Crippen LogP contribution in [0, 0.1) is 10.1 Å². The van der Waals surface area contributed by atoms with Crippen molar-refractivity contribution in [2.75, 3.05) is 11.9 Å². The van der Waals surface area contributed by atoms with E-state index >= 15 is 0 Å². The zero-order valence-corrected chi connectivity index (χ0v) is 13.4. The zero-order valence-electron chi connectivity index (χ0n) is 11.8. The highest BCUT2D eigenvalue weighted by atomic mass is 35.5. The zero-order chi connectivity index (χ0) is 16.0. The van der Waals surface area contributed by atoms with E-state index in [0.29, 0.717) is 10.0 Å². The Morgan fingerprint density at radius 1 is 1.30 bits per heavy atom. The molecular formula is C15H11ClN4O2S. The fourth-order valence-corrected chi connectivity index (χ4v) is 3.84. The Kier molecular flexibility index (Phi) is 3.32. The number of benzene rings is 1. The minimum absolute atomic E-state index is 0.0299. The van der Waals surface area contributed by atoms with Gasteiger partial charge in [0.25, 0.3) is 5.69 Å². The fourth-order valence-electron chi connectivity index (χ4n) is 2.79. The number of hydrogen-bond acceptors (Lipinski definition) is 5. The summed E-state index contributed by atoms with van der Waals surface area (Å²) in [7, 11) is 0. The first-order chi connectivity index (χ1) is 11.1. The van der Waals surface area contributed by atoms with E-state index in [1.807, 2.05) is 12.1 Å². The average Bonchev–Trinajstić information content (AvgIpc) is 3.23. The van der Waals surface area contributed by atoms with Gasteiger partial charge in [-0.2, -0.15) is 5.10 Å². The third-order valence-electron chi connectivity index (χ3n) is 3.76. The van der Waals surface area contributed by atoms with Crippen LogP contribution in [0.3, 0.4) is 0 Å². The topological polar surface area (TPSA) is 73.0 Å². The molecule has 0 unspecified atom stereocenters. The first-order valence-electron chi connectivity index (χ1n) is 7.00. The number of thiophene rings is 1. The first kappa shape index (κ1) is 14.2. The molecule has 1 aromatic carbocycles. The van der Waals surface area contributed by atoms with Crippen molar-refractivity contribution in [1.29, 1.82) is 0 Å². The highest BCUT2D eigenvalue weighted by Gasteiger charge is 2.27. The van der Waals surface area contributed by atoms with E-state index < -0.39 is 0 Å². The van der Waals surface area contributed by atoms with Crippen molar-refractivity contribution in [2.24, 2.45) is 0 Å². The summed E-state index contributed by atoms with van der Waals surface area (Å²) >= 11 is 7.48. The van der Waals surface area contributed by atoms with Crippen LogP contribution in [0.15, 0.2) is 36.4 Å². The molecule has 0 atom stereocenters. The molecule has 3 heterocycles. The minimum atomic E-state index is -0.389. The van der Waals surface area contributed by atoms with E-state index in [-0.39, 0.29) is 10.6 Å². The summed E-state index contributed by atoms with van der Waals surface area (Å²) in [6.45, 7) is 0.792. The van der Waals surface area contributed by atoms with Crippen molar-refractivity contribution in [3.63, 3.8) is 0 Å². The van der Waals surface area contributed by atoms with Gasteiger partial charge in [-0.25, -0.2) is 4.68 Å². The minimum Gasteiger partial charge on any atom is -0.369 e. The number of nitro benzene ring substituents is 1. The van der Waals surface area contributed by atoms with Crippen LogP contribution in [0.1, 0.15) is 5.56 Å². The summed E-state index contributed by atoms with van der Waals surface area (Å²) in [5, 5.41) is 19.2. The Morgan fingerprint density at radius 3 is 2.87 bits per heavy atom. The molecule has 4 rings (SSSR count). The smallest absolute Gasteiger partial charge is 0.294 e. The molecule has 23 heavy (non-hydrogen) atoms. The van der Waals surface area contributed by atoms with E-state index in [1.54, 1.807) is 22.9 Å². The van der Waals surface area contributed by atoms with E-state index in [4.69, 9.17) is 11.6 Å². The molecule has 1 aliphatic rings. The standard InChI is InChI=1S/C15H11ClN4O2S/c16-13-6-5-12(23-13)14-9-7-8-17-15(9)19(18-14)10-3-1-2-4-11(10)20(21)22/h1-6,17H,7-8H2.